The molecule has 0 bridgehead atoms. The Morgan fingerprint density at radius 2 is 1.94 bits per heavy atom. The summed E-state index contributed by atoms with van der Waals surface area (Å²) in [5, 5.41) is 3.03. The molecule has 5 heteroatoms. The number of carbonyl (C=O) groups is 1. The van der Waals surface area contributed by atoms with Crippen molar-refractivity contribution in [3.8, 4) is 9.97 Å². The van der Waals surface area contributed by atoms with Gasteiger partial charge in [-0.1, -0.05) is 0 Å². The molecule has 0 fully saturated rings. The number of rotatable bonds is 3. The number of carbonyl (C=O) groups excluding carboxylic acids is 1. The molecule has 0 atom stereocenters. The van der Waals surface area contributed by atoms with Gasteiger partial charge in [0.1, 0.15) is 5.60 Å². The van der Waals surface area contributed by atoms with Gasteiger partial charge in [0.05, 0.1) is 12.1 Å². The minimum Gasteiger partial charge on any atom is -0.459 e. The van der Waals surface area contributed by atoms with Crippen LogP contribution in [0.3, 0.4) is 0 Å². The first-order chi connectivity index (χ1) is 7.16. The summed E-state index contributed by atoms with van der Waals surface area (Å²) in [7, 11) is 5.60. The number of esters is 1. The first kappa shape index (κ1) is 16.0. The summed E-state index contributed by atoms with van der Waals surface area (Å²) in [6, 6.07) is 0. The second-order valence-corrected chi connectivity index (χ2v) is 6.42. The lowest BCUT2D eigenvalue weighted by molar-refractivity contribution is -0.153. The summed E-state index contributed by atoms with van der Waals surface area (Å²) in [6.45, 7) is 9.50. The van der Waals surface area contributed by atoms with E-state index in [0.717, 1.165) is 0 Å². The SMILES string of the molecule is CC(C)(C#[C][Mg][Cl])NCC(=O)OC(C)(C)C. The Labute approximate surface area is 111 Å². The Hall–Kier alpha value is 0.0462. The van der Waals surface area contributed by atoms with Crippen LogP contribution in [0.25, 0.3) is 0 Å². The van der Waals surface area contributed by atoms with E-state index in [-0.39, 0.29) is 12.5 Å². The Morgan fingerprint density at radius 1 is 1.38 bits per heavy atom. The maximum Gasteiger partial charge on any atom is 0.599 e. The number of hydrogen-bond acceptors (Lipinski definition) is 3. The molecule has 3 nitrogen and oxygen atoms in total. The van der Waals surface area contributed by atoms with Gasteiger partial charge >= 0.3 is 25.2 Å². The smallest absolute Gasteiger partial charge is 0.459 e. The molecule has 0 spiro atoms. The van der Waals surface area contributed by atoms with E-state index in [4.69, 9.17) is 13.8 Å². The fourth-order valence-electron chi connectivity index (χ4n) is 0.969. The Kier molecular flexibility index (Phi) is 6.72. The van der Waals surface area contributed by atoms with E-state index in [1.165, 1.54) is 0 Å². The minimum absolute atomic E-state index is 0.156. The van der Waals surface area contributed by atoms with Crippen molar-refractivity contribution in [1.29, 1.82) is 0 Å². The summed E-state index contributed by atoms with van der Waals surface area (Å²) in [4.78, 5) is 11.4. The third-order valence-electron chi connectivity index (χ3n) is 1.56. The van der Waals surface area contributed by atoms with Crippen LogP contribution in [0.1, 0.15) is 34.6 Å². The minimum atomic E-state index is -0.775. The van der Waals surface area contributed by atoms with E-state index in [9.17, 15) is 4.79 Å². The van der Waals surface area contributed by atoms with Crippen molar-refractivity contribution in [1.82, 2.24) is 5.32 Å². The maximum atomic E-state index is 11.4. The topological polar surface area (TPSA) is 38.3 Å². The summed E-state index contributed by atoms with van der Waals surface area (Å²) in [5.74, 6) is 2.72. The van der Waals surface area contributed by atoms with E-state index in [1.807, 2.05) is 34.6 Å². The third-order valence-corrected chi connectivity index (χ3v) is 2.27. The van der Waals surface area contributed by atoms with E-state index >= 15 is 0 Å². The molecule has 0 aromatic heterocycles. The molecule has 0 aliphatic heterocycles. The zero-order valence-corrected chi connectivity index (χ0v) is 12.8. The largest absolute Gasteiger partial charge is 0.599 e. The molecule has 0 radical (unpaired) electrons. The van der Waals surface area contributed by atoms with Crippen LogP contribution in [0.5, 0.6) is 0 Å². The van der Waals surface area contributed by atoms with Crippen molar-refractivity contribution in [2.75, 3.05) is 6.54 Å². The molecule has 0 amide bonds. The van der Waals surface area contributed by atoms with Gasteiger partial charge in [-0.3, -0.25) is 10.1 Å². The lowest BCUT2D eigenvalue weighted by atomic mass is 10.1. The van der Waals surface area contributed by atoms with Gasteiger partial charge in [-0.2, -0.15) is 0 Å². The van der Waals surface area contributed by atoms with Gasteiger partial charge < -0.3 is 13.8 Å². The van der Waals surface area contributed by atoms with E-state index in [1.54, 1.807) is 0 Å². The van der Waals surface area contributed by atoms with Crippen molar-refractivity contribution in [2.24, 2.45) is 0 Å². The molecule has 0 aliphatic carbocycles. The fraction of sp³-hybridized carbons (Fsp3) is 0.727. The fourth-order valence-corrected chi connectivity index (χ4v) is 1.68. The highest BCUT2D eigenvalue weighted by Gasteiger charge is 2.19. The highest BCUT2D eigenvalue weighted by Crippen LogP contribution is 2.07. The van der Waals surface area contributed by atoms with Gasteiger partial charge in [0.15, 0.2) is 0 Å². The molecule has 0 rings (SSSR count). The normalized spacial score (nSPS) is 11.1. The molecule has 0 unspecified atom stereocenters. The predicted molar refractivity (Wildman–Crippen MR) is 67.3 cm³/mol. The Bertz CT molecular complexity index is 299. The number of nitrogens with one attached hydrogen (secondary N) is 1. The van der Waals surface area contributed by atoms with Crippen LogP contribution >= 0.6 is 9.07 Å². The van der Waals surface area contributed by atoms with E-state index < -0.39 is 30.4 Å². The van der Waals surface area contributed by atoms with Gasteiger partial charge in [0.2, 0.25) is 0 Å². The predicted octanol–water partition coefficient (Wildman–Crippen LogP) is 1.52. The van der Waals surface area contributed by atoms with Crippen molar-refractivity contribution >= 4 is 34.3 Å². The van der Waals surface area contributed by atoms with Gasteiger partial charge in [0, 0.05) is 0 Å². The van der Waals surface area contributed by atoms with Gasteiger partial charge in [-0.25, -0.2) is 4.05 Å². The Morgan fingerprint density at radius 3 is 2.38 bits per heavy atom. The van der Waals surface area contributed by atoms with Crippen LogP contribution in [0.15, 0.2) is 0 Å². The highest BCUT2D eigenvalue weighted by molar-refractivity contribution is 6.98. The average molecular weight is 256 g/mol. The number of ether oxygens (including phenoxy) is 1. The van der Waals surface area contributed by atoms with Crippen LogP contribution in [-0.4, -0.2) is 42.9 Å². The van der Waals surface area contributed by atoms with Crippen LogP contribution in [0.2, 0.25) is 0 Å². The van der Waals surface area contributed by atoms with Crippen LogP contribution in [0, 0.1) is 9.97 Å². The molecule has 0 aromatic rings. The van der Waals surface area contributed by atoms with E-state index in [0.29, 0.717) is 0 Å². The summed E-state index contributed by atoms with van der Waals surface area (Å²) >= 11 is -0.775. The van der Waals surface area contributed by atoms with Crippen molar-refractivity contribution < 1.29 is 9.53 Å². The molecule has 16 heavy (non-hydrogen) atoms. The monoisotopic (exact) mass is 255 g/mol. The van der Waals surface area contributed by atoms with Crippen LogP contribution in [0.4, 0.5) is 0 Å². The number of halogens is 1. The molecule has 1 N–H and O–H groups in total. The van der Waals surface area contributed by atoms with Gasteiger partial charge in [0.25, 0.3) is 0 Å². The second-order valence-electron chi connectivity index (χ2n) is 5.00. The van der Waals surface area contributed by atoms with Crippen LogP contribution < -0.4 is 5.32 Å². The van der Waals surface area contributed by atoms with Crippen molar-refractivity contribution in [2.45, 2.75) is 45.8 Å². The molecule has 0 aliphatic rings. The maximum absolute atomic E-state index is 11.4. The standard InChI is InChI=1S/C11H18NO2.ClH.Mg/c1-7-11(5,6)12-8-9(13)14-10(2,3)4;;/h12H,8H2,2-6H3;1H;/q;;+1/p-1. The van der Waals surface area contributed by atoms with Crippen molar-refractivity contribution in [3.05, 3.63) is 0 Å². The van der Waals surface area contributed by atoms with Gasteiger partial charge in [-0.05, 0) is 34.6 Å². The Balaban J connectivity index is 4.10. The summed E-state index contributed by atoms with van der Waals surface area (Å²) < 4.78 is 8.07. The van der Waals surface area contributed by atoms with Gasteiger partial charge in [-0.15, -0.1) is 5.92 Å². The molecular weight excluding hydrogens is 238 g/mol. The second kappa shape index (κ2) is 6.70. The first-order valence-corrected chi connectivity index (χ1v) is 8.04. The first-order valence-electron chi connectivity index (χ1n) is 5.19. The lowest BCUT2D eigenvalue weighted by Gasteiger charge is -2.23. The highest BCUT2D eigenvalue weighted by atomic mass is 35.5. The number of hydrogen-bond donors (Lipinski definition) is 1. The van der Waals surface area contributed by atoms with E-state index in [2.05, 4.69) is 15.3 Å². The molecule has 0 saturated heterocycles. The lowest BCUT2D eigenvalue weighted by Crippen LogP contribution is -2.42. The molecule has 0 heterocycles. The zero-order valence-electron chi connectivity index (χ0n) is 10.6. The quantitative estimate of drug-likeness (QED) is 0.472. The summed E-state index contributed by atoms with van der Waals surface area (Å²) in [5.41, 5.74) is -0.851. The molecular formula is C11H18ClMgNO2. The van der Waals surface area contributed by atoms with Crippen molar-refractivity contribution in [3.63, 3.8) is 0 Å². The third kappa shape index (κ3) is 9.29. The zero-order chi connectivity index (χ0) is 12.8. The molecule has 0 aromatic carbocycles. The average Bonchev–Trinajstić information content (AvgIpc) is 2.09. The summed E-state index contributed by atoms with van der Waals surface area (Å²) in [6.07, 6.45) is 0. The van der Waals surface area contributed by atoms with Crippen LogP contribution in [-0.2, 0) is 9.53 Å². The molecule has 0 saturated carbocycles. The molecule has 88 valence electrons.